The minimum atomic E-state index is -3.38. The van der Waals surface area contributed by atoms with Crippen LogP contribution in [-0.2, 0) is 18.1 Å². The van der Waals surface area contributed by atoms with E-state index >= 15 is 0 Å². The molecule has 0 aliphatic carbocycles. The summed E-state index contributed by atoms with van der Waals surface area (Å²) in [6.07, 6.45) is -2.04. The van der Waals surface area contributed by atoms with Crippen molar-refractivity contribution in [3.63, 3.8) is 0 Å². The lowest BCUT2D eigenvalue weighted by molar-refractivity contribution is -0.864. The smallest absolute Gasteiger partial charge is 0.367 e. The minimum absolute atomic E-state index is 1.13. The van der Waals surface area contributed by atoms with E-state index in [9.17, 15) is 10.1 Å². The second-order valence-corrected chi connectivity index (χ2v) is 3.31. The molecule has 0 saturated carbocycles. The highest BCUT2D eigenvalue weighted by Crippen LogP contribution is 2.49. The van der Waals surface area contributed by atoms with Crippen LogP contribution < -0.4 is 0 Å². The van der Waals surface area contributed by atoms with Gasteiger partial charge in [0.25, 0.3) is 0 Å². The maximum atomic E-state index is 9.61. The van der Waals surface area contributed by atoms with Crippen molar-refractivity contribution in [2.45, 2.75) is 6.16 Å². The third-order valence-electron chi connectivity index (χ3n) is 0.948. The third kappa shape index (κ3) is 0.574. The number of hydrogen-bond acceptors (Lipinski definition) is 7. The van der Waals surface area contributed by atoms with Crippen LogP contribution in [0, 0.1) is 10.1 Å². The van der Waals surface area contributed by atoms with Crippen LogP contribution in [-0.4, -0.2) is 25.1 Å². The standard InChI is InChI=1S/CHNO7Si/c3-2(4)6-1-7-10(5,8-1)9-1/h5H. The molecule has 2 bridgehead atoms. The zero-order valence-corrected chi connectivity index (χ0v) is 5.34. The van der Waals surface area contributed by atoms with Gasteiger partial charge in [0.2, 0.25) is 0 Å². The molecule has 0 aromatic rings. The normalized spacial score (nSPS) is 48.9. The lowest BCUT2D eigenvalue weighted by atomic mass is 11.1. The van der Waals surface area contributed by atoms with Gasteiger partial charge in [0, 0.05) is 0 Å². The van der Waals surface area contributed by atoms with Crippen LogP contribution in [0.1, 0.15) is 0 Å². The summed E-state index contributed by atoms with van der Waals surface area (Å²) in [7, 11) is -3.38. The Hall–Kier alpha value is -0.743. The van der Waals surface area contributed by atoms with Crippen LogP contribution in [0.15, 0.2) is 0 Å². The first-order valence-corrected chi connectivity index (χ1v) is 3.87. The fourth-order valence-electron chi connectivity index (χ4n) is 0.644. The van der Waals surface area contributed by atoms with Gasteiger partial charge in [-0.05, 0) is 0 Å². The average Bonchev–Trinajstić information content (AvgIpc) is 1.56. The van der Waals surface area contributed by atoms with Crippen LogP contribution >= 0.6 is 0 Å². The van der Waals surface area contributed by atoms with Crippen molar-refractivity contribution in [2.24, 2.45) is 0 Å². The molecule has 0 aromatic heterocycles. The first kappa shape index (κ1) is 6.00. The molecule has 1 N–H and O–H groups in total. The third-order valence-corrected chi connectivity index (χ3v) is 2.47. The summed E-state index contributed by atoms with van der Waals surface area (Å²) in [5.74, 6) is 0. The average molecular weight is 167 g/mol. The second kappa shape index (κ2) is 1.30. The van der Waals surface area contributed by atoms with Crippen molar-refractivity contribution in [3.05, 3.63) is 10.1 Å². The van der Waals surface area contributed by atoms with E-state index in [-0.39, 0.29) is 0 Å². The van der Waals surface area contributed by atoms with Gasteiger partial charge in [-0.15, -0.1) is 10.1 Å². The summed E-state index contributed by atoms with van der Waals surface area (Å²) < 4.78 is 12.9. The van der Waals surface area contributed by atoms with E-state index in [1.54, 1.807) is 0 Å². The Morgan fingerprint density at radius 3 is 2.40 bits per heavy atom. The van der Waals surface area contributed by atoms with Crippen molar-refractivity contribution in [3.8, 4) is 0 Å². The zero-order valence-electron chi connectivity index (χ0n) is 4.34. The van der Waals surface area contributed by atoms with E-state index in [4.69, 9.17) is 4.80 Å². The molecule has 0 atom stereocenters. The molecular formula is CHNO7Si. The van der Waals surface area contributed by atoms with E-state index in [0.717, 1.165) is 0 Å². The maximum absolute atomic E-state index is 9.61. The number of rotatable bonds is 2. The van der Waals surface area contributed by atoms with Crippen LogP contribution in [0.4, 0.5) is 0 Å². The summed E-state index contributed by atoms with van der Waals surface area (Å²) in [4.78, 5) is 22.0. The number of nitrogens with zero attached hydrogens (tertiary/aromatic N) is 1. The fourth-order valence-corrected chi connectivity index (χ4v) is 1.75. The zero-order chi connectivity index (χ0) is 7.41. The van der Waals surface area contributed by atoms with E-state index in [1.165, 1.54) is 0 Å². The summed E-state index contributed by atoms with van der Waals surface area (Å²) in [5.41, 5.74) is 0. The van der Waals surface area contributed by atoms with E-state index in [2.05, 4.69) is 18.1 Å². The maximum Gasteiger partial charge on any atom is 0.693 e. The molecule has 56 valence electrons. The lowest BCUT2D eigenvalue weighted by Crippen LogP contribution is -2.86. The van der Waals surface area contributed by atoms with E-state index < -0.39 is 20.3 Å². The molecule has 3 saturated heterocycles. The van der Waals surface area contributed by atoms with Gasteiger partial charge in [-0.2, -0.15) is 0 Å². The minimum Gasteiger partial charge on any atom is -0.367 e. The summed E-state index contributed by atoms with van der Waals surface area (Å²) in [6, 6.07) is 0. The van der Waals surface area contributed by atoms with E-state index in [0.29, 0.717) is 0 Å². The Kier molecular flexibility index (Phi) is 0.783. The van der Waals surface area contributed by atoms with Crippen molar-refractivity contribution < 1.29 is 28.0 Å². The van der Waals surface area contributed by atoms with Crippen molar-refractivity contribution in [1.29, 1.82) is 0 Å². The predicted octanol–water partition coefficient (Wildman–Crippen LogP) is -1.69. The Morgan fingerprint density at radius 2 is 2.10 bits per heavy atom. The lowest BCUT2D eigenvalue weighted by Gasteiger charge is -2.56. The molecule has 9 heteroatoms. The monoisotopic (exact) mass is 167 g/mol. The molecule has 3 rings (SSSR count). The first-order valence-electron chi connectivity index (χ1n) is 2.20. The molecule has 0 radical (unpaired) electrons. The molecule has 10 heavy (non-hydrogen) atoms. The van der Waals surface area contributed by atoms with Crippen molar-refractivity contribution >= 4 is 9.05 Å². The quantitative estimate of drug-likeness (QED) is 0.297. The highest BCUT2D eigenvalue weighted by Gasteiger charge is 2.85. The van der Waals surface area contributed by atoms with Gasteiger partial charge in [-0.3, -0.25) is 13.3 Å². The van der Waals surface area contributed by atoms with E-state index in [1.807, 2.05) is 0 Å². The Labute approximate surface area is 54.5 Å². The van der Waals surface area contributed by atoms with Crippen LogP contribution in [0.5, 0.6) is 0 Å². The molecule has 3 heterocycles. The molecule has 3 fully saturated rings. The largest absolute Gasteiger partial charge is 0.693 e. The second-order valence-electron chi connectivity index (χ2n) is 1.64. The molecule has 3 aliphatic heterocycles. The molecule has 0 amide bonds. The van der Waals surface area contributed by atoms with Gasteiger partial charge in [0.05, 0.1) is 0 Å². The fraction of sp³-hybridized carbons (Fsp3) is 1.00. The van der Waals surface area contributed by atoms with Crippen LogP contribution in [0.3, 0.4) is 0 Å². The van der Waals surface area contributed by atoms with Gasteiger partial charge in [-0.25, -0.2) is 4.84 Å². The van der Waals surface area contributed by atoms with Gasteiger partial charge in [0.1, 0.15) is 0 Å². The highest BCUT2D eigenvalue weighted by molar-refractivity contribution is 6.57. The molecule has 8 nitrogen and oxygen atoms in total. The molecular weight excluding hydrogens is 166 g/mol. The van der Waals surface area contributed by atoms with Gasteiger partial charge >= 0.3 is 20.3 Å². The molecule has 0 aromatic carbocycles. The molecule has 0 spiro atoms. The number of hydrogen-bond donors (Lipinski definition) is 1. The van der Waals surface area contributed by atoms with Gasteiger partial charge < -0.3 is 4.80 Å². The van der Waals surface area contributed by atoms with Gasteiger partial charge in [0.15, 0.2) is 0 Å². The summed E-state index contributed by atoms with van der Waals surface area (Å²) >= 11 is 0. The topological polar surface area (TPSA) is 100 Å². The van der Waals surface area contributed by atoms with Crippen LogP contribution in [0.2, 0.25) is 0 Å². The SMILES string of the molecule is O=[N+]([O-])OC12O[Si](O)(O1)O2. The Bertz CT molecular complexity index is 182. The van der Waals surface area contributed by atoms with Crippen molar-refractivity contribution in [2.75, 3.05) is 0 Å². The first-order chi connectivity index (χ1) is 4.54. The predicted molar refractivity (Wildman–Crippen MR) is 22.0 cm³/mol. The Balaban J connectivity index is 1.93. The molecule has 3 aliphatic rings. The molecule has 0 unspecified atom stereocenters. The summed E-state index contributed by atoms with van der Waals surface area (Å²) in [5, 5.41) is 8.48. The highest BCUT2D eigenvalue weighted by atomic mass is 28.4. The van der Waals surface area contributed by atoms with Gasteiger partial charge in [-0.1, -0.05) is 0 Å². The van der Waals surface area contributed by atoms with Crippen LogP contribution in [0.25, 0.3) is 0 Å². The van der Waals surface area contributed by atoms with Crippen molar-refractivity contribution in [1.82, 2.24) is 0 Å². The Morgan fingerprint density at radius 1 is 1.60 bits per heavy atom. The summed E-state index contributed by atoms with van der Waals surface area (Å²) in [6.45, 7) is 0.